The maximum absolute atomic E-state index is 12.7. The van der Waals surface area contributed by atoms with Crippen LogP contribution in [0.25, 0.3) is 0 Å². The Morgan fingerprint density at radius 1 is 1.08 bits per heavy atom. The summed E-state index contributed by atoms with van der Waals surface area (Å²) in [4.78, 5) is 25.3. The molecule has 0 aliphatic carbocycles. The van der Waals surface area contributed by atoms with E-state index < -0.39 is 12.1 Å². The van der Waals surface area contributed by atoms with E-state index in [1.54, 1.807) is 0 Å². The fourth-order valence-electron chi connectivity index (χ4n) is 2.63. The number of anilines is 1. The number of hydrogen-bond donors (Lipinski definition) is 3. The summed E-state index contributed by atoms with van der Waals surface area (Å²) in [5.74, 6) is -0.138. The van der Waals surface area contributed by atoms with Crippen molar-refractivity contribution in [2.45, 2.75) is 52.6 Å². The summed E-state index contributed by atoms with van der Waals surface area (Å²) in [6.07, 6.45) is 0.883. The second-order valence-corrected chi connectivity index (χ2v) is 7.13. The van der Waals surface area contributed by atoms with Crippen molar-refractivity contribution in [3.8, 4) is 6.07 Å². The van der Waals surface area contributed by atoms with Gasteiger partial charge in [-0.15, -0.1) is 0 Å². The molecule has 0 aliphatic rings. The van der Waals surface area contributed by atoms with Crippen LogP contribution in [0.15, 0.2) is 30.3 Å². The summed E-state index contributed by atoms with van der Waals surface area (Å²) in [5.41, 5.74) is 0.702. The molecule has 6 heteroatoms. The predicted molar refractivity (Wildman–Crippen MR) is 103 cm³/mol. The third kappa shape index (κ3) is 7.66. The second kappa shape index (κ2) is 11.3. The number of nitrogens with zero attached hydrogens (tertiary/aromatic N) is 1. The molecule has 0 fully saturated rings. The van der Waals surface area contributed by atoms with Gasteiger partial charge >= 0.3 is 0 Å². The van der Waals surface area contributed by atoms with Crippen LogP contribution in [-0.2, 0) is 9.59 Å². The topological polar surface area (TPSA) is 94.0 Å². The summed E-state index contributed by atoms with van der Waals surface area (Å²) in [6, 6.07) is 10.2. The van der Waals surface area contributed by atoms with Crippen LogP contribution < -0.4 is 16.0 Å². The molecule has 0 aliphatic heterocycles. The van der Waals surface area contributed by atoms with E-state index >= 15 is 0 Å². The van der Waals surface area contributed by atoms with Crippen molar-refractivity contribution in [2.75, 3.05) is 11.9 Å². The van der Waals surface area contributed by atoms with Crippen molar-refractivity contribution < 1.29 is 9.59 Å². The maximum Gasteiger partial charge on any atom is 0.246 e. The molecule has 3 N–H and O–H groups in total. The van der Waals surface area contributed by atoms with Gasteiger partial charge in [-0.05, 0) is 30.4 Å². The van der Waals surface area contributed by atoms with Crippen LogP contribution in [0.1, 0.15) is 40.5 Å². The monoisotopic (exact) mass is 358 g/mol. The predicted octanol–water partition coefficient (Wildman–Crippen LogP) is 2.68. The lowest BCUT2D eigenvalue weighted by Crippen LogP contribution is -2.53. The van der Waals surface area contributed by atoms with Gasteiger partial charge in [-0.25, -0.2) is 0 Å². The molecule has 26 heavy (non-hydrogen) atoms. The van der Waals surface area contributed by atoms with Crippen molar-refractivity contribution in [3.05, 3.63) is 30.3 Å². The van der Waals surface area contributed by atoms with E-state index in [4.69, 9.17) is 5.26 Å². The lowest BCUT2D eigenvalue weighted by molar-refractivity contribution is -0.129. The number of carbonyl (C=O) groups excluding carboxylic acids is 2. The zero-order valence-corrected chi connectivity index (χ0v) is 16.1. The maximum atomic E-state index is 12.7. The van der Waals surface area contributed by atoms with Crippen molar-refractivity contribution in [1.29, 1.82) is 5.26 Å². The molecule has 1 rings (SSSR count). The summed E-state index contributed by atoms with van der Waals surface area (Å²) in [7, 11) is 0. The molecule has 2 unspecified atom stereocenters. The van der Waals surface area contributed by atoms with Gasteiger partial charge in [0.1, 0.15) is 6.04 Å². The first-order valence-corrected chi connectivity index (χ1v) is 9.11. The fraction of sp³-hybridized carbons (Fsp3) is 0.550. The van der Waals surface area contributed by atoms with Gasteiger partial charge in [0.25, 0.3) is 0 Å². The molecule has 1 aromatic carbocycles. The third-order valence-corrected chi connectivity index (χ3v) is 3.93. The number of amides is 2. The summed E-state index contributed by atoms with van der Waals surface area (Å²) >= 11 is 0. The molecule has 0 radical (unpaired) electrons. The number of benzene rings is 1. The van der Waals surface area contributed by atoms with Gasteiger partial charge in [0.05, 0.1) is 12.1 Å². The quantitative estimate of drug-likeness (QED) is 0.561. The fourth-order valence-corrected chi connectivity index (χ4v) is 2.63. The Balaban J connectivity index is 2.79. The minimum absolute atomic E-state index is 0.0468. The molecule has 6 nitrogen and oxygen atoms in total. The standard InChI is InChI=1S/C20H30N4O2/c1-14(2)13-17(19(25)23-16-9-6-5-7-10-16)24-20(26)18(15(3)4)22-12-8-11-21/h5-7,9-10,14-15,17-18,22H,8,12-13H2,1-4H3,(H,23,25)(H,24,26). The Kier molecular flexibility index (Phi) is 9.38. The molecule has 0 heterocycles. The molecule has 2 atom stereocenters. The first-order chi connectivity index (χ1) is 12.3. The van der Waals surface area contributed by atoms with Crippen molar-refractivity contribution in [2.24, 2.45) is 11.8 Å². The van der Waals surface area contributed by atoms with Crippen LogP contribution in [0.4, 0.5) is 5.69 Å². The average molecular weight is 358 g/mol. The molecule has 142 valence electrons. The highest BCUT2D eigenvalue weighted by atomic mass is 16.2. The van der Waals surface area contributed by atoms with E-state index in [1.807, 2.05) is 58.0 Å². The minimum atomic E-state index is -0.610. The van der Waals surface area contributed by atoms with Crippen LogP contribution >= 0.6 is 0 Å². The second-order valence-electron chi connectivity index (χ2n) is 7.13. The molecular weight excluding hydrogens is 328 g/mol. The van der Waals surface area contributed by atoms with Gasteiger partial charge in [0.2, 0.25) is 11.8 Å². The zero-order chi connectivity index (χ0) is 19.5. The SMILES string of the molecule is CC(C)CC(NC(=O)C(NCCC#N)C(C)C)C(=O)Nc1ccccc1. The molecular formula is C20H30N4O2. The molecule has 1 aromatic rings. The van der Waals surface area contributed by atoms with E-state index in [2.05, 4.69) is 22.0 Å². The highest BCUT2D eigenvalue weighted by Gasteiger charge is 2.27. The van der Waals surface area contributed by atoms with Crippen LogP contribution in [0.2, 0.25) is 0 Å². The third-order valence-electron chi connectivity index (χ3n) is 3.93. The summed E-state index contributed by atoms with van der Waals surface area (Å²) in [6.45, 7) is 8.34. The Morgan fingerprint density at radius 2 is 1.73 bits per heavy atom. The van der Waals surface area contributed by atoms with Crippen LogP contribution in [0, 0.1) is 23.2 Å². The van der Waals surface area contributed by atoms with E-state index in [0.717, 1.165) is 0 Å². The Hall–Kier alpha value is -2.39. The lowest BCUT2D eigenvalue weighted by atomic mass is 10.00. The van der Waals surface area contributed by atoms with Crippen LogP contribution in [-0.4, -0.2) is 30.4 Å². The number of rotatable bonds is 10. The molecule has 0 aromatic heterocycles. The number of hydrogen-bond acceptors (Lipinski definition) is 4. The largest absolute Gasteiger partial charge is 0.343 e. The molecule has 0 saturated heterocycles. The number of para-hydroxylation sites is 1. The van der Waals surface area contributed by atoms with Gasteiger partial charge in [0.15, 0.2) is 0 Å². The molecule has 0 spiro atoms. The smallest absolute Gasteiger partial charge is 0.246 e. The van der Waals surface area contributed by atoms with Crippen LogP contribution in [0.5, 0.6) is 0 Å². The van der Waals surface area contributed by atoms with Gasteiger partial charge in [-0.3, -0.25) is 9.59 Å². The first-order valence-electron chi connectivity index (χ1n) is 9.11. The minimum Gasteiger partial charge on any atom is -0.343 e. The van der Waals surface area contributed by atoms with Gasteiger partial charge in [-0.1, -0.05) is 45.9 Å². The molecule has 2 amide bonds. The van der Waals surface area contributed by atoms with Crippen molar-refractivity contribution in [3.63, 3.8) is 0 Å². The average Bonchev–Trinajstić information content (AvgIpc) is 2.58. The van der Waals surface area contributed by atoms with E-state index in [9.17, 15) is 9.59 Å². The van der Waals surface area contributed by atoms with E-state index in [1.165, 1.54) is 0 Å². The molecule has 0 bridgehead atoms. The Bertz CT molecular complexity index is 608. The zero-order valence-electron chi connectivity index (χ0n) is 16.1. The van der Waals surface area contributed by atoms with Gasteiger partial charge in [-0.2, -0.15) is 5.26 Å². The van der Waals surface area contributed by atoms with Crippen LogP contribution in [0.3, 0.4) is 0 Å². The summed E-state index contributed by atoms with van der Waals surface area (Å²) < 4.78 is 0. The highest BCUT2D eigenvalue weighted by Crippen LogP contribution is 2.11. The number of carbonyl (C=O) groups is 2. The van der Waals surface area contributed by atoms with Crippen molar-refractivity contribution in [1.82, 2.24) is 10.6 Å². The van der Waals surface area contributed by atoms with Gasteiger partial charge in [0, 0.05) is 18.7 Å². The Labute approximate surface area is 156 Å². The van der Waals surface area contributed by atoms with E-state index in [-0.39, 0.29) is 23.7 Å². The Morgan fingerprint density at radius 3 is 2.27 bits per heavy atom. The number of nitriles is 1. The normalized spacial score (nSPS) is 13.1. The first kappa shape index (κ1) is 21.7. The summed E-state index contributed by atoms with van der Waals surface area (Å²) in [5, 5.41) is 17.5. The number of nitrogens with one attached hydrogen (secondary N) is 3. The lowest BCUT2D eigenvalue weighted by Gasteiger charge is -2.26. The van der Waals surface area contributed by atoms with E-state index in [0.29, 0.717) is 25.1 Å². The highest BCUT2D eigenvalue weighted by molar-refractivity contribution is 5.97. The van der Waals surface area contributed by atoms with Crippen molar-refractivity contribution >= 4 is 17.5 Å². The molecule has 0 saturated carbocycles. The van der Waals surface area contributed by atoms with Gasteiger partial charge < -0.3 is 16.0 Å².